The third-order valence-electron chi connectivity index (χ3n) is 4.26. The van der Waals surface area contributed by atoms with Gasteiger partial charge in [0.2, 0.25) is 0 Å². The molecule has 0 atom stereocenters. The number of nitrogens with zero attached hydrogens (tertiary/aromatic N) is 1. The lowest BCUT2D eigenvalue weighted by molar-refractivity contribution is 0.216. The Labute approximate surface area is 115 Å². The Morgan fingerprint density at radius 2 is 1.83 bits per heavy atom. The third kappa shape index (κ3) is 6.75. The minimum Gasteiger partial charge on any atom is -0.315 e. The third-order valence-corrected chi connectivity index (χ3v) is 4.26. The number of hydrogen-bond acceptors (Lipinski definition) is 2. The van der Waals surface area contributed by atoms with E-state index < -0.39 is 0 Å². The fraction of sp³-hybridized carbons (Fsp3) is 1.00. The molecule has 0 bridgehead atoms. The van der Waals surface area contributed by atoms with E-state index in [1.165, 1.54) is 71.1 Å². The van der Waals surface area contributed by atoms with Crippen molar-refractivity contribution in [2.24, 2.45) is 5.92 Å². The van der Waals surface area contributed by atoms with Crippen LogP contribution in [0.5, 0.6) is 0 Å². The average Bonchev–Trinajstić information content (AvgIpc) is 2.85. The second kappa shape index (κ2) is 9.80. The van der Waals surface area contributed by atoms with Crippen molar-refractivity contribution in [1.29, 1.82) is 0 Å². The Bertz CT molecular complexity index is 186. The molecule has 0 spiro atoms. The van der Waals surface area contributed by atoms with E-state index in [2.05, 4.69) is 31.0 Å². The summed E-state index contributed by atoms with van der Waals surface area (Å²) >= 11 is 0. The first-order chi connectivity index (χ1) is 8.74. The Kier molecular flexibility index (Phi) is 8.70. The molecule has 0 radical (unpaired) electrons. The van der Waals surface area contributed by atoms with Gasteiger partial charge in [-0.2, -0.15) is 0 Å². The van der Waals surface area contributed by atoms with Crippen LogP contribution < -0.4 is 5.32 Å². The van der Waals surface area contributed by atoms with Crippen molar-refractivity contribution in [2.75, 3.05) is 26.2 Å². The van der Waals surface area contributed by atoms with E-state index in [4.69, 9.17) is 0 Å². The zero-order valence-electron chi connectivity index (χ0n) is 12.9. The molecule has 0 aromatic carbocycles. The molecule has 0 unspecified atom stereocenters. The Morgan fingerprint density at radius 1 is 1.11 bits per heavy atom. The summed E-state index contributed by atoms with van der Waals surface area (Å²) < 4.78 is 0. The van der Waals surface area contributed by atoms with Gasteiger partial charge in [0.15, 0.2) is 0 Å². The smallest absolute Gasteiger partial charge is 0.0110 e. The van der Waals surface area contributed by atoms with Crippen LogP contribution >= 0.6 is 0 Å². The highest BCUT2D eigenvalue weighted by Gasteiger charge is 2.14. The first-order valence-electron chi connectivity index (χ1n) is 8.18. The molecule has 2 nitrogen and oxygen atoms in total. The van der Waals surface area contributed by atoms with Crippen molar-refractivity contribution < 1.29 is 0 Å². The van der Waals surface area contributed by atoms with Crippen LogP contribution in [0.15, 0.2) is 0 Å². The van der Waals surface area contributed by atoms with Gasteiger partial charge >= 0.3 is 0 Å². The van der Waals surface area contributed by atoms with E-state index in [-0.39, 0.29) is 0 Å². The summed E-state index contributed by atoms with van der Waals surface area (Å²) in [5.41, 5.74) is 0. The highest BCUT2D eigenvalue weighted by atomic mass is 15.2. The molecular weight excluding hydrogens is 220 g/mol. The van der Waals surface area contributed by atoms with Crippen molar-refractivity contribution in [3.63, 3.8) is 0 Å². The van der Waals surface area contributed by atoms with Gasteiger partial charge in [0.25, 0.3) is 0 Å². The second-order valence-electron chi connectivity index (χ2n) is 6.19. The predicted octanol–water partition coefficient (Wildman–Crippen LogP) is 3.67. The molecule has 1 fully saturated rings. The van der Waals surface area contributed by atoms with Gasteiger partial charge in [0.05, 0.1) is 0 Å². The van der Waals surface area contributed by atoms with E-state index >= 15 is 0 Å². The highest BCUT2D eigenvalue weighted by Crippen LogP contribution is 2.23. The molecule has 1 rings (SSSR count). The van der Waals surface area contributed by atoms with Gasteiger partial charge in [-0.3, -0.25) is 4.90 Å². The number of nitrogens with one attached hydrogen (secondary N) is 1. The zero-order chi connectivity index (χ0) is 13.2. The van der Waals surface area contributed by atoms with Crippen molar-refractivity contribution in [1.82, 2.24) is 10.2 Å². The van der Waals surface area contributed by atoms with Gasteiger partial charge < -0.3 is 5.32 Å². The minimum absolute atomic E-state index is 0.690. The molecule has 0 aromatic heterocycles. The fourth-order valence-corrected chi connectivity index (χ4v) is 2.94. The van der Waals surface area contributed by atoms with Crippen molar-refractivity contribution in [2.45, 2.75) is 71.8 Å². The molecular formula is C16H34N2. The van der Waals surface area contributed by atoms with Crippen LogP contribution in [-0.4, -0.2) is 37.1 Å². The summed E-state index contributed by atoms with van der Waals surface area (Å²) in [7, 11) is 0. The van der Waals surface area contributed by atoms with Crippen LogP contribution in [0.4, 0.5) is 0 Å². The van der Waals surface area contributed by atoms with Crippen LogP contribution in [0.25, 0.3) is 0 Å². The molecule has 0 saturated heterocycles. The maximum absolute atomic E-state index is 3.66. The molecule has 0 aliphatic heterocycles. The lowest BCUT2D eigenvalue weighted by Gasteiger charge is -2.26. The lowest BCUT2D eigenvalue weighted by Crippen LogP contribution is -2.38. The quantitative estimate of drug-likeness (QED) is 0.598. The van der Waals surface area contributed by atoms with E-state index in [1.54, 1.807) is 0 Å². The molecule has 108 valence electrons. The monoisotopic (exact) mass is 254 g/mol. The molecule has 1 N–H and O–H groups in total. The Hall–Kier alpha value is -0.0800. The maximum atomic E-state index is 3.66. The molecule has 2 heteroatoms. The average molecular weight is 254 g/mol. The van der Waals surface area contributed by atoms with E-state index in [9.17, 15) is 0 Å². The predicted molar refractivity (Wildman–Crippen MR) is 81.1 cm³/mol. The normalized spacial score (nSPS) is 17.2. The summed E-state index contributed by atoms with van der Waals surface area (Å²) in [5, 5.41) is 3.66. The van der Waals surface area contributed by atoms with Crippen molar-refractivity contribution in [3.8, 4) is 0 Å². The van der Waals surface area contributed by atoms with Gasteiger partial charge in [-0.15, -0.1) is 0 Å². The number of unbranched alkanes of at least 4 members (excludes halogenated alkanes) is 2. The van der Waals surface area contributed by atoms with Gasteiger partial charge in [0, 0.05) is 19.1 Å². The minimum atomic E-state index is 0.690. The molecule has 18 heavy (non-hydrogen) atoms. The lowest BCUT2D eigenvalue weighted by atomic mass is 10.1. The van der Waals surface area contributed by atoms with E-state index in [0.717, 1.165) is 5.92 Å². The number of hydrogen-bond donors (Lipinski definition) is 1. The first-order valence-corrected chi connectivity index (χ1v) is 8.18. The zero-order valence-corrected chi connectivity index (χ0v) is 12.9. The first kappa shape index (κ1) is 16.0. The van der Waals surface area contributed by atoms with Crippen LogP contribution in [0.2, 0.25) is 0 Å². The second-order valence-corrected chi connectivity index (χ2v) is 6.19. The molecule has 0 aromatic rings. The SMILES string of the molecule is CCCCCN(CCNCC1CCCC1)C(C)C. The van der Waals surface area contributed by atoms with Gasteiger partial charge in [-0.25, -0.2) is 0 Å². The van der Waals surface area contributed by atoms with Crippen LogP contribution in [0, 0.1) is 5.92 Å². The molecule has 0 amide bonds. The molecule has 1 aliphatic rings. The largest absolute Gasteiger partial charge is 0.315 e. The number of rotatable bonds is 10. The Morgan fingerprint density at radius 3 is 2.44 bits per heavy atom. The highest BCUT2D eigenvalue weighted by molar-refractivity contribution is 4.70. The molecule has 1 aliphatic carbocycles. The van der Waals surface area contributed by atoms with Gasteiger partial charge in [-0.1, -0.05) is 32.6 Å². The van der Waals surface area contributed by atoms with E-state index in [0.29, 0.717) is 6.04 Å². The summed E-state index contributed by atoms with van der Waals surface area (Å²) in [6.45, 7) is 11.8. The van der Waals surface area contributed by atoms with Crippen LogP contribution in [-0.2, 0) is 0 Å². The summed E-state index contributed by atoms with van der Waals surface area (Å²) in [6.07, 6.45) is 9.89. The summed E-state index contributed by atoms with van der Waals surface area (Å²) in [5.74, 6) is 0.970. The maximum Gasteiger partial charge on any atom is 0.0110 e. The van der Waals surface area contributed by atoms with Crippen LogP contribution in [0.1, 0.15) is 65.7 Å². The van der Waals surface area contributed by atoms with Crippen molar-refractivity contribution >= 4 is 0 Å². The van der Waals surface area contributed by atoms with Crippen molar-refractivity contribution in [3.05, 3.63) is 0 Å². The summed E-state index contributed by atoms with van der Waals surface area (Å²) in [6, 6.07) is 0.690. The van der Waals surface area contributed by atoms with Gasteiger partial charge in [0.1, 0.15) is 0 Å². The standard InChI is InChI=1S/C16H34N2/c1-4-5-8-12-18(15(2)3)13-11-17-14-16-9-6-7-10-16/h15-17H,4-14H2,1-3H3. The molecule has 0 heterocycles. The van der Waals surface area contributed by atoms with E-state index in [1.807, 2.05) is 0 Å². The van der Waals surface area contributed by atoms with Gasteiger partial charge in [-0.05, 0) is 52.1 Å². The molecule has 1 saturated carbocycles. The summed E-state index contributed by atoms with van der Waals surface area (Å²) in [4.78, 5) is 2.62. The topological polar surface area (TPSA) is 15.3 Å². The van der Waals surface area contributed by atoms with Crippen LogP contribution in [0.3, 0.4) is 0 Å². The Balaban J connectivity index is 2.04. The fourth-order valence-electron chi connectivity index (χ4n) is 2.94.